The molecule has 1 N–H and O–H groups in total. The Morgan fingerprint density at radius 2 is 2.00 bits per heavy atom. The third-order valence-corrected chi connectivity index (χ3v) is 7.30. The molecule has 1 aliphatic carbocycles. The van der Waals surface area contributed by atoms with Crippen LogP contribution in [0.3, 0.4) is 0 Å². The van der Waals surface area contributed by atoms with Crippen LogP contribution < -0.4 is 5.32 Å². The highest BCUT2D eigenvalue weighted by molar-refractivity contribution is 7.13. The van der Waals surface area contributed by atoms with Crippen molar-refractivity contribution < 1.29 is 9.53 Å². The van der Waals surface area contributed by atoms with E-state index in [4.69, 9.17) is 9.72 Å². The molecule has 2 heterocycles. The molecule has 1 fully saturated rings. The Kier molecular flexibility index (Phi) is 7.76. The average molecular weight is 452 g/mol. The number of ether oxygens (including phenoxy) is 1. The Hall–Kier alpha value is -2.44. The highest BCUT2D eigenvalue weighted by atomic mass is 32.1. The summed E-state index contributed by atoms with van der Waals surface area (Å²) in [4.78, 5) is 18.0. The number of methoxy groups -OCH3 is 1. The van der Waals surface area contributed by atoms with Crippen LogP contribution in [0.1, 0.15) is 54.6 Å². The lowest BCUT2D eigenvalue weighted by molar-refractivity contribution is 0.0943. The molecular formula is C26H33N3O2S. The number of amides is 1. The fourth-order valence-corrected chi connectivity index (χ4v) is 5.39. The van der Waals surface area contributed by atoms with Gasteiger partial charge in [-0.15, -0.1) is 11.3 Å². The Labute approximate surface area is 194 Å². The first-order valence-electron chi connectivity index (χ1n) is 11.7. The van der Waals surface area contributed by atoms with Gasteiger partial charge in [0.25, 0.3) is 5.91 Å². The summed E-state index contributed by atoms with van der Waals surface area (Å²) in [6, 6.07) is 12.2. The minimum atomic E-state index is 0.0262. The Morgan fingerprint density at radius 1 is 1.22 bits per heavy atom. The molecule has 32 heavy (non-hydrogen) atoms. The molecular weight excluding hydrogens is 418 g/mol. The third kappa shape index (κ3) is 5.30. The molecule has 1 saturated carbocycles. The van der Waals surface area contributed by atoms with E-state index in [1.165, 1.54) is 32.1 Å². The van der Waals surface area contributed by atoms with Gasteiger partial charge >= 0.3 is 0 Å². The molecule has 2 aromatic heterocycles. The third-order valence-electron chi connectivity index (χ3n) is 6.40. The maximum absolute atomic E-state index is 13.1. The summed E-state index contributed by atoms with van der Waals surface area (Å²) in [5.41, 5.74) is 4.78. The van der Waals surface area contributed by atoms with Crippen LogP contribution in [0, 0.1) is 12.8 Å². The normalized spacial score (nSPS) is 14.6. The van der Waals surface area contributed by atoms with E-state index >= 15 is 0 Å². The molecule has 1 aromatic carbocycles. The molecule has 0 saturated heterocycles. The molecule has 4 rings (SSSR count). The van der Waals surface area contributed by atoms with Crippen molar-refractivity contribution in [3.05, 3.63) is 53.0 Å². The molecule has 0 radical (unpaired) electrons. The maximum Gasteiger partial charge on any atom is 0.253 e. The molecule has 0 unspecified atom stereocenters. The Bertz CT molecular complexity index is 1020. The number of nitrogens with zero attached hydrogens (tertiary/aromatic N) is 2. The van der Waals surface area contributed by atoms with Gasteiger partial charge in [-0.3, -0.25) is 4.79 Å². The molecule has 0 aliphatic heterocycles. The Balaban J connectivity index is 1.58. The zero-order valence-electron chi connectivity index (χ0n) is 19.1. The maximum atomic E-state index is 13.1. The molecule has 1 aliphatic rings. The second-order valence-corrected chi connectivity index (χ2v) is 9.50. The van der Waals surface area contributed by atoms with Crippen molar-refractivity contribution in [2.24, 2.45) is 5.92 Å². The quantitative estimate of drug-likeness (QED) is 0.410. The number of carbonyl (C=O) groups excluding carboxylic acids is 1. The number of aromatic nitrogens is 2. The van der Waals surface area contributed by atoms with Gasteiger partial charge in [0.15, 0.2) is 0 Å². The number of nitrogens with one attached hydrogen (secondary N) is 1. The number of rotatable bonds is 9. The summed E-state index contributed by atoms with van der Waals surface area (Å²) in [6.07, 6.45) is 7.24. The monoisotopic (exact) mass is 451 g/mol. The van der Waals surface area contributed by atoms with Crippen molar-refractivity contribution in [1.82, 2.24) is 14.9 Å². The highest BCUT2D eigenvalue weighted by Crippen LogP contribution is 2.32. The molecule has 0 atom stereocenters. The average Bonchev–Trinajstić information content (AvgIpc) is 3.44. The fraction of sp³-hybridized carbons (Fsp3) is 0.462. The lowest BCUT2D eigenvalue weighted by atomic mass is 9.89. The van der Waals surface area contributed by atoms with Crippen LogP contribution in [-0.2, 0) is 11.3 Å². The SMILES string of the molecule is COCCCn1c(-c2csc(-c3ccccc3)n2)cc(C(=O)NCC2CCCCC2)c1C. The molecule has 5 nitrogen and oxygen atoms in total. The van der Waals surface area contributed by atoms with Gasteiger partial charge in [-0.2, -0.15) is 0 Å². The predicted molar refractivity (Wildman–Crippen MR) is 131 cm³/mol. The molecule has 1 amide bonds. The van der Waals surface area contributed by atoms with E-state index in [0.717, 1.165) is 52.7 Å². The lowest BCUT2D eigenvalue weighted by Gasteiger charge is -2.21. The summed E-state index contributed by atoms with van der Waals surface area (Å²) in [7, 11) is 1.72. The number of carbonyl (C=O) groups is 1. The van der Waals surface area contributed by atoms with Crippen LogP contribution in [0.2, 0.25) is 0 Å². The van der Waals surface area contributed by atoms with Crippen LogP contribution >= 0.6 is 11.3 Å². The van der Waals surface area contributed by atoms with E-state index in [1.807, 2.05) is 31.2 Å². The molecule has 0 spiro atoms. The number of hydrogen-bond acceptors (Lipinski definition) is 4. The minimum Gasteiger partial charge on any atom is -0.385 e. The first kappa shape index (κ1) is 22.7. The van der Waals surface area contributed by atoms with E-state index in [-0.39, 0.29) is 5.91 Å². The van der Waals surface area contributed by atoms with Crippen LogP contribution in [0.5, 0.6) is 0 Å². The van der Waals surface area contributed by atoms with Crippen molar-refractivity contribution >= 4 is 17.2 Å². The van der Waals surface area contributed by atoms with Gasteiger partial charge in [-0.25, -0.2) is 4.98 Å². The van der Waals surface area contributed by atoms with Crippen LogP contribution in [0.4, 0.5) is 0 Å². The topological polar surface area (TPSA) is 56.2 Å². The van der Waals surface area contributed by atoms with Gasteiger partial charge in [-0.05, 0) is 38.2 Å². The van der Waals surface area contributed by atoms with Crippen LogP contribution in [0.25, 0.3) is 22.0 Å². The van der Waals surface area contributed by atoms with E-state index in [2.05, 4.69) is 27.4 Å². The summed E-state index contributed by atoms with van der Waals surface area (Å²) in [6.45, 7) is 4.29. The first-order valence-corrected chi connectivity index (χ1v) is 12.5. The van der Waals surface area contributed by atoms with Gasteiger partial charge in [0.05, 0.1) is 17.0 Å². The van der Waals surface area contributed by atoms with Gasteiger partial charge in [0.1, 0.15) is 5.01 Å². The van der Waals surface area contributed by atoms with Gasteiger partial charge in [-0.1, -0.05) is 49.6 Å². The van der Waals surface area contributed by atoms with Crippen LogP contribution in [0.15, 0.2) is 41.8 Å². The van der Waals surface area contributed by atoms with Crippen LogP contribution in [-0.4, -0.2) is 35.7 Å². The molecule has 3 aromatic rings. The Morgan fingerprint density at radius 3 is 2.75 bits per heavy atom. The van der Waals surface area contributed by atoms with E-state index in [9.17, 15) is 4.79 Å². The van der Waals surface area contributed by atoms with E-state index in [0.29, 0.717) is 12.5 Å². The summed E-state index contributed by atoms with van der Waals surface area (Å²) < 4.78 is 7.49. The standard InChI is InChI=1S/C26H33N3O2S/c1-19-22(25(30)27-17-20-10-5-3-6-11-20)16-24(29(19)14-9-15-31-2)23-18-32-26(28-23)21-12-7-4-8-13-21/h4,7-8,12-13,16,18,20H,3,5-6,9-11,14-15,17H2,1-2H3,(H,27,30). The molecule has 0 bridgehead atoms. The largest absolute Gasteiger partial charge is 0.385 e. The second kappa shape index (κ2) is 10.9. The zero-order chi connectivity index (χ0) is 22.3. The van der Waals surface area contributed by atoms with Crippen molar-refractivity contribution in [2.75, 3.05) is 20.3 Å². The van der Waals surface area contributed by atoms with Gasteiger partial charge in [0, 0.05) is 43.4 Å². The van der Waals surface area contributed by atoms with Crippen molar-refractivity contribution in [1.29, 1.82) is 0 Å². The first-order chi connectivity index (χ1) is 15.7. The van der Waals surface area contributed by atoms with E-state index < -0.39 is 0 Å². The summed E-state index contributed by atoms with van der Waals surface area (Å²) in [5, 5.41) is 6.29. The lowest BCUT2D eigenvalue weighted by Crippen LogP contribution is -2.30. The zero-order valence-corrected chi connectivity index (χ0v) is 19.9. The minimum absolute atomic E-state index is 0.0262. The van der Waals surface area contributed by atoms with Gasteiger partial charge in [0.2, 0.25) is 0 Å². The molecule has 6 heteroatoms. The number of hydrogen-bond donors (Lipinski definition) is 1. The smallest absolute Gasteiger partial charge is 0.253 e. The number of thiazole rings is 1. The predicted octanol–water partition coefficient (Wildman–Crippen LogP) is 5.93. The van der Waals surface area contributed by atoms with Gasteiger partial charge < -0.3 is 14.6 Å². The van der Waals surface area contributed by atoms with Crippen molar-refractivity contribution in [3.8, 4) is 22.0 Å². The second-order valence-electron chi connectivity index (χ2n) is 8.64. The molecule has 170 valence electrons. The van der Waals surface area contributed by atoms with E-state index in [1.54, 1.807) is 18.4 Å². The highest BCUT2D eigenvalue weighted by Gasteiger charge is 2.21. The van der Waals surface area contributed by atoms with Crippen molar-refractivity contribution in [3.63, 3.8) is 0 Å². The summed E-state index contributed by atoms with van der Waals surface area (Å²) >= 11 is 1.64. The van der Waals surface area contributed by atoms with Crippen molar-refractivity contribution in [2.45, 2.75) is 52.0 Å². The number of benzene rings is 1. The summed E-state index contributed by atoms with van der Waals surface area (Å²) in [5.74, 6) is 0.640. The fourth-order valence-electron chi connectivity index (χ4n) is 4.57.